The number of phosphoric acid groups is 1. The molecule has 0 aromatic rings. The van der Waals surface area contributed by atoms with Crippen molar-refractivity contribution in [3.8, 4) is 0 Å². The lowest BCUT2D eigenvalue weighted by molar-refractivity contribution is -0.163. The van der Waals surface area contributed by atoms with Crippen molar-refractivity contribution >= 4 is 7.82 Å². The summed E-state index contributed by atoms with van der Waals surface area (Å²) < 4.78 is 100. The molecule has 0 amide bonds. The molecular formula is C9H15F6O4P. The molecule has 11 heteroatoms. The minimum absolute atomic E-state index is 0.419. The van der Waals surface area contributed by atoms with Crippen molar-refractivity contribution in [3.05, 3.63) is 0 Å². The van der Waals surface area contributed by atoms with E-state index in [1.54, 1.807) is 0 Å². The summed E-state index contributed by atoms with van der Waals surface area (Å²) in [4.78, 5) is 0. The molecule has 0 bridgehead atoms. The molecule has 0 saturated carbocycles. The van der Waals surface area contributed by atoms with Crippen LogP contribution in [-0.2, 0) is 18.1 Å². The van der Waals surface area contributed by atoms with E-state index in [-0.39, 0.29) is 0 Å². The Hall–Kier alpha value is -0.310. The summed E-state index contributed by atoms with van der Waals surface area (Å²) >= 11 is 0. The Bertz CT molecular complexity index is 310. The van der Waals surface area contributed by atoms with E-state index >= 15 is 0 Å². The number of hydrogen-bond acceptors (Lipinski definition) is 4. The van der Waals surface area contributed by atoms with Crippen LogP contribution in [0.25, 0.3) is 0 Å². The lowest BCUT2D eigenvalue weighted by Crippen LogP contribution is -2.33. The minimum atomic E-state index is -5.48. The molecular weight excluding hydrogens is 317 g/mol. The monoisotopic (exact) mass is 332 g/mol. The zero-order chi connectivity index (χ0) is 16.2. The second-order valence-electron chi connectivity index (χ2n) is 4.43. The maximum atomic E-state index is 13.3. The van der Waals surface area contributed by atoms with E-state index in [2.05, 4.69) is 13.6 Å². The molecule has 0 fully saturated rings. The van der Waals surface area contributed by atoms with Crippen LogP contribution in [0.15, 0.2) is 0 Å². The van der Waals surface area contributed by atoms with Crippen molar-refractivity contribution < 1.29 is 44.5 Å². The maximum Gasteiger partial charge on any atom is 0.483 e. The molecule has 3 unspecified atom stereocenters. The summed E-state index contributed by atoms with van der Waals surface area (Å²) in [7, 11) is -5.48. The highest BCUT2D eigenvalue weighted by Crippen LogP contribution is 2.58. The fourth-order valence-corrected chi connectivity index (χ4v) is 2.49. The van der Waals surface area contributed by atoms with Crippen LogP contribution in [0.4, 0.5) is 26.3 Å². The van der Waals surface area contributed by atoms with Crippen molar-refractivity contribution in [1.82, 2.24) is 0 Å². The van der Waals surface area contributed by atoms with Gasteiger partial charge in [0.15, 0.2) is 0 Å². The molecule has 4 nitrogen and oxygen atoms in total. The van der Waals surface area contributed by atoms with Crippen LogP contribution in [0.1, 0.15) is 20.8 Å². The molecule has 0 heterocycles. The lowest BCUT2D eigenvalue weighted by atomic mass is 10.4. The van der Waals surface area contributed by atoms with Crippen LogP contribution in [0, 0.1) is 0 Å². The van der Waals surface area contributed by atoms with Gasteiger partial charge in [-0.2, -0.15) is 0 Å². The summed E-state index contributed by atoms with van der Waals surface area (Å²) in [6.45, 7) is -4.36. The zero-order valence-electron chi connectivity index (χ0n) is 11.0. The van der Waals surface area contributed by atoms with Gasteiger partial charge in [0.25, 0.3) is 0 Å². The average molecular weight is 332 g/mol. The Balaban J connectivity index is 5.29. The van der Waals surface area contributed by atoms with E-state index in [0.717, 1.165) is 0 Å². The first-order valence-corrected chi connectivity index (χ1v) is 6.73. The average Bonchev–Trinajstić information content (AvgIpc) is 2.26. The predicted octanol–water partition coefficient (Wildman–Crippen LogP) is 4.11. The van der Waals surface area contributed by atoms with Gasteiger partial charge in [-0.3, -0.25) is 0 Å². The van der Waals surface area contributed by atoms with Crippen LogP contribution in [0.5, 0.6) is 0 Å². The third-order valence-corrected chi connectivity index (χ3v) is 3.44. The molecule has 0 spiro atoms. The molecule has 0 saturated heterocycles. The molecule has 0 aromatic carbocycles. The topological polar surface area (TPSA) is 44.8 Å². The molecule has 0 aromatic heterocycles. The van der Waals surface area contributed by atoms with Gasteiger partial charge in [-0.05, 0) is 20.8 Å². The first-order chi connectivity index (χ1) is 8.80. The van der Waals surface area contributed by atoms with Gasteiger partial charge in [0, 0.05) is 0 Å². The number of alkyl halides is 6. The molecule has 0 aliphatic heterocycles. The summed E-state index contributed by atoms with van der Waals surface area (Å²) in [5, 5.41) is 0. The fourth-order valence-electron chi connectivity index (χ4n) is 0.828. The van der Waals surface area contributed by atoms with E-state index in [1.807, 2.05) is 0 Å². The Morgan fingerprint density at radius 1 is 0.750 bits per heavy atom. The van der Waals surface area contributed by atoms with E-state index in [9.17, 15) is 30.9 Å². The zero-order valence-corrected chi connectivity index (χ0v) is 11.9. The summed E-state index contributed by atoms with van der Waals surface area (Å²) in [5.41, 5.74) is 0. The predicted molar refractivity (Wildman–Crippen MR) is 57.3 cm³/mol. The van der Waals surface area contributed by atoms with Gasteiger partial charge in [0.05, 0.1) is 0 Å². The Morgan fingerprint density at radius 2 is 0.950 bits per heavy atom. The van der Waals surface area contributed by atoms with Crippen molar-refractivity contribution in [2.45, 2.75) is 38.3 Å². The molecule has 0 aliphatic carbocycles. The molecule has 3 atom stereocenters. The number of halogens is 6. The second-order valence-corrected chi connectivity index (χ2v) is 5.87. The number of rotatable bonds is 9. The number of hydrogen-bond donors (Lipinski definition) is 0. The van der Waals surface area contributed by atoms with Gasteiger partial charge < -0.3 is 0 Å². The molecule has 0 N–H and O–H groups in total. The summed E-state index contributed by atoms with van der Waals surface area (Å²) in [6.07, 6.45) is 0. The van der Waals surface area contributed by atoms with E-state index in [4.69, 9.17) is 0 Å². The van der Waals surface area contributed by atoms with Gasteiger partial charge in [0.1, 0.15) is 20.0 Å². The van der Waals surface area contributed by atoms with Crippen molar-refractivity contribution in [2.75, 3.05) is 20.0 Å². The summed E-state index contributed by atoms with van der Waals surface area (Å²) in [5.74, 6) is -9.89. The van der Waals surface area contributed by atoms with Crippen molar-refractivity contribution in [2.24, 2.45) is 0 Å². The van der Waals surface area contributed by atoms with E-state index < -0.39 is 45.4 Å². The highest BCUT2D eigenvalue weighted by molar-refractivity contribution is 7.48. The van der Waals surface area contributed by atoms with Crippen LogP contribution in [0.3, 0.4) is 0 Å². The quantitative estimate of drug-likeness (QED) is 0.471. The highest BCUT2D eigenvalue weighted by Gasteiger charge is 2.49. The Kier molecular flexibility index (Phi) is 6.53. The second kappa shape index (κ2) is 6.64. The van der Waals surface area contributed by atoms with Crippen LogP contribution >= 0.6 is 7.82 Å². The van der Waals surface area contributed by atoms with Crippen LogP contribution < -0.4 is 0 Å². The lowest BCUT2D eigenvalue weighted by Gasteiger charge is -2.30. The SMILES string of the molecule is CC(F)(CF)OP(=O)(OC(C)(F)CF)OC(C)(F)CF. The molecule has 0 radical (unpaired) electrons. The standard InChI is InChI=1S/C9H15F6O4P/c1-7(13,4-10)17-20(16,18-8(2,14)5-11)19-9(3,15)6-12/h4-6H2,1-3H3. The van der Waals surface area contributed by atoms with Crippen molar-refractivity contribution in [1.29, 1.82) is 0 Å². The summed E-state index contributed by atoms with van der Waals surface area (Å²) in [6, 6.07) is 0. The van der Waals surface area contributed by atoms with E-state index in [0.29, 0.717) is 20.8 Å². The molecule has 20 heavy (non-hydrogen) atoms. The Morgan fingerprint density at radius 3 is 1.10 bits per heavy atom. The third-order valence-electron chi connectivity index (χ3n) is 1.62. The largest absolute Gasteiger partial charge is 0.483 e. The highest BCUT2D eigenvalue weighted by atomic mass is 31.2. The molecule has 122 valence electrons. The van der Waals surface area contributed by atoms with E-state index in [1.165, 1.54) is 0 Å². The van der Waals surface area contributed by atoms with Crippen LogP contribution in [-0.4, -0.2) is 37.6 Å². The normalized spacial score (nSPS) is 24.2. The van der Waals surface area contributed by atoms with Gasteiger partial charge in [-0.25, -0.2) is 44.5 Å². The molecule has 0 rings (SSSR count). The first kappa shape index (κ1) is 19.7. The minimum Gasteiger partial charge on any atom is -0.246 e. The first-order valence-electron chi connectivity index (χ1n) is 5.27. The van der Waals surface area contributed by atoms with Gasteiger partial charge in [-0.15, -0.1) is 0 Å². The van der Waals surface area contributed by atoms with Crippen molar-refractivity contribution in [3.63, 3.8) is 0 Å². The van der Waals surface area contributed by atoms with Gasteiger partial charge in [0.2, 0.25) is 17.6 Å². The third kappa shape index (κ3) is 6.92. The number of phosphoric ester groups is 1. The van der Waals surface area contributed by atoms with Crippen LogP contribution in [0.2, 0.25) is 0 Å². The fraction of sp³-hybridized carbons (Fsp3) is 1.00. The van der Waals surface area contributed by atoms with Gasteiger partial charge in [-0.1, -0.05) is 0 Å². The molecule has 0 aliphatic rings. The smallest absolute Gasteiger partial charge is 0.246 e. The Labute approximate surface area is 112 Å². The maximum absolute atomic E-state index is 13.3. The van der Waals surface area contributed by atoms with Gasteiger partial charge >= 0.3 is 7.82 Å².